The van der Waals surface area contributed by atoms with E-state index < -0.39 is 0 Å². The predicted octanol–water partition coefficient (Wildman–Crippen LogP) is 3.67. The monoisotopic (exact) mass is 283 g/mol. The molecule has 1 aliphatic carbocycles. The summed E-state index contributed by atoms with van der Waals surface area (Å²) in [5, 5.41) is 4.28. The first-order valence-corrected chi connectivity index (χ1v) is 7.89. The normalized spacial score (nSPS) is 22.7. The fourth-order valence-electron chi connectivity index (χ4n) is 3.48. The molecule has 1 saturated carbocycles. The minimum Gasteiger partial charge on any atom is -0.306 e. The van der Waals surface area contributed by atoms with Gasteiger partial charge >= 0.3 is 0 Å². The Morgan fingerprint density at radius 3 is 2.76 bits per heavy atom. The van der Waals surface area contributed by atoms with Gasteiger partial charge < -0.3 is 4.90 Å². The molecule has 1 fully saturated rings. The molecule has 112 valence electrons. The number of nitrogens with zero attached hydrogens (tertiary/aromatic N) is 3. The van der Waals surface area contributed by atoms with Crippen LogP contribution in [0.15, 0.2) is 36.7 Å². The fraction of sp³-hybridized carbons (Fsp3) is 0.500. The zero-order chi connectivity index (χ0) is 14.8. The lowest BCUT2D eigenvalue weighted by atomic mass is 9.80. The van der Waals surface area contributed by atoms with Crippen molar-refractivity contribution < 1.29 is 0 Å². The van der Waals surface area contributed by atoms with Gasteiger partial charge in [0.1, 0.15) is 0 Å². The number of hydrogen-bond acceptors (Lipinski definition) is 2. The highest BCUT2D eigenvalue weighted by Crippen LogP contribution is 2.35. The summed E-state index contributed by atoms with van der Waals surface area (Å²) < 4.78 is 1.87. The van der Waals surface area contributed by atoms with E-state index in [0.29, 0.717) is 5.92 Å². The van der Waals surface area contributed by atoms with Gasteiger partial charge in [-0.25, -0.2) is 0 Å². The highest BCUT2D eigenvalue weighted by Gasteiger charge is 2.24. The molecular weight excluding hydrogens is 258 g/mol. The molecule has 0 radical (unpaired) electrons. The van der Waals surface area contributed by atoms with Gasteiger partial charge in [0, 0.05) is 24.8 Å². The Morgan fingerprint density at radius 2 is 2.05 bits per heavy atom. The van der Waals surface area contributed by atoms with Gasteiger partial charge in [0.15, 0.2) is 0 Å². The summed E-state index contributed by atoms with van der Waals surface area (Å²) in [5.74, 6) is 0.697. The zero-order valence-corrected chi connectivity index (χ0v) is 13.3. The van der Waals surface area contributed by atoms with Gasteiger partial charge in [-0.2, -0.15) is 5.10 Å². The highest BCUT2D eigenvalue weighted by atomic mass is 15.2. The van der Waals surface area contributed by atoms with Crippen LogP contribution in [0.4, 0.5) is 0 Å². The van der Waals surface area contributed by atoms with Crippen molar-refractivity contribution in [1.82, 2.24) is 14.7 Å². The molecule has 3 rings (SSSR count). The van der Waals surface area contributed by atoms with Gasteiger partial charge in [-0.05, 0) is 50.4 Å². The maximum Gasteiger partial charge on any atom is 0.0568 e. The van der Waals surface area contributed by atoms with Crippen LogP contribution < -0.4 is 0 Å². The average molecular weight is 283 g/mol. The van der Waals surface area contributed by atoms with Crippen LogP contribution >= 0.6 is 0 Å². The van der Waals surface area contributed by atoms with Crippen LogP contribution in [0.25, 0.3) is 11.1 Å². The molecule has 3 nitrogen and oxygen atoms in total. The van der Waals surface area contributed by atoms with Crippen LogP contribution in [0, 0.1) is 0 Å². The van der Waals surface area contributed by atoms with Gasteiger partial charge in [0.2, 0.25) is 0 Å². The van der Waals surface area contributed by atoms with E-state index in [9.17, 15) is 0 Å². The molecule has 0 saturated heterocycles. The number of aryl methyl sites for hydroxylation is 1. The predicted molar refractivity (Wildman–Crippen MR) is 87.3 cm³/mol. The largest absolute Gasteiger partial charge is 0.306 e. The van der Waals surface area contributed by atoms with Crippen molar-refractivity contribution >= 4 is 0 Å². The van der Waals surface area contributed by atoms with Crippen LogP contribution in [0.3, 0.4) is 0 Å². The molecule has 3 heteroatoms. The molecule has 2 atom stereocenters. The number of hydrogen-bond donors (Lipinski definition) is 0. The van der Waals surface area contributed by atoms with Crippen molar-refractivity contribution in [2.24, 2.45) is 7.05 Å². The van der Waals surface area contributed by atoms with Gasteiger partial charge in [0.25, 0.3) is 0 Å². The van der Waals surface area contributed by atoms with Crippen LogP contribution in [-0.2, 0) is 7.05 Å². The first-order chi connectivity index (χ1) is 10.1. The lowest BCUT2D eigenvalue weighted by Gasteiger charge is -2.33. The van der Waals surface area contributed by atoms with E-state index in [1.54, 1.807) is 0 Å². The van der Waals surface area contributed by atoms with E-state index in [1.807, 2.05) is 17.9 Å². The van der Waals surface area contributed by atoms with Crippen LogP contribution in [0.5, 0.6) is 0 Å². The summed E-state index contributed by atoms with van der Waals surface area (Å²) in [4.78, 5) is 2.39. The Balaban J connectivity index is 1.82. The van der Waals surface area contributed by atoms with Crippen molar-refractivity contribution in [3.63, 3.8) is 0 Å². The quantitative estimate of drug-likeness (QED) is 0.857. The van der Waals surface area contributed by atoms with Crippen LogP contribution in [0.1, 0.15) is 37.2 Å². The van der Waals surface area contributed by atoms with E-state index in [-0.39, 0.29) is 0 Å². The zero-order valence-electron chi connectivity index (χ0n) is 13.3. The third-order valence-electron chi connectivity index (χ3n) is 4.77. The first kappa shape index (κ1) is 14.3. The standard InChI is InChI=1S/C18H25N3/c1-20(2)18-9-5-8-16(11-18)14-6-4-7-15(10-14)17-12-19-21(3)13-17/h4,6-7,10,12-13,16,18H,5,8-9,11H2,1-3H3. The van der Waals surface area contributed by atoms with Crippen molar-refractivity contribution in [2.45, 2.75) is 37.6 Å². The number of rotatable bonds is 3. The molecule has 0 amide bonds. The Labute approximate surface area is 127 Å². The molecule has 1 aromatic heterocycles. The second kappa shape index (κ2) is 6.02. The summed E-state index contributed by atoms with van der Waals surface area (Å²) in [6, 6.07) is 9.76. The van der Waals surface area contributed by atoms with E-state index in [1.165, 1.54) is 42.4 Å². The smallest absolute Gasteiger partial charge is 0.0568 e. The molecule has 21 heavy (non-hydrogen) atoms. The summed E-state index contributed by atoms with van der Waals surface area (Å²) in [5.41, 5.74) is 3.98. The number of benzene rings is 1. The minimum absolute atomic E-state index is 0.697. The Morgan fingerprint density at radius 1 is 1.19 bits per heavy atom. The SMILES string of the molecule is CN(C)C1CCCC(c2cccc(-c3cnn(C)c3)c2)C1. The van der Waals surface area contributed by atoms with Crippen molar-refractivity contribution in [3.05, 3.63) is 42.2 Å². The average Bonchev–Trinajstić information content (AvgIpc) is 2.94. The highest BCUT2D eigenvalue weighted by molar-refractivity contribution is 5.62. The third kappa shape index (κ3) is 3.18. The van der Waals surface area contributed by atoms with Gasteiger partial charge in [-0.15, -0.1) is 0 Å². The van der Waals surface area contributed by atoms with Crippen molar-refractivity contribution in [1.29, 1.82) is 0 Å². The lowest BCUT2D eigenvalue weighted by molar-refractivity contribution is 0.213. The second-order valence-corrected chi connectivity index (χ2v) is 6.51. The summed E-state index contributed by atoms with van der Waals surface area (Å²) in [6.07, 6.45) is 9.31. The maximum atomic E-state index is 4.28. The van der Waals surface area contributed by atoms with Crippen molar-refractivity contribution in [2.75, 3.05) is 14.1 Å². The molecular formula is C18H25N3. The molecule has 1 aromatic carbocycles. The second-order valence-electron chi connectivity index (χ2n) is 6.51. The molecule has 2 aromatic rings. The minimum atomic E-state index is 0.697. The first-order valence-electron chi connectivity index (χ1n) is 7.89. The molecule has 0 spiro atoms. The van der Waals surface area contributed by atoms with Crippen LogP contribution in [0.2, 0.25) is 0 Å². The summed E-state index contributed by atoms with van der Waals surface area (Å²) in [6.45, 7) is 0. The molecule has 1 heterocycles. The Hall–Kier alpha value is -1.61. The molecule has 1 aliphatic rings. The topological polar surface area (TPSA) is 21.1 Å². The maximum absolute atomic E-state index is 4.28. The molecule has 2 unspecified atom stereocenters. The third-order valence-corrected chi connectivity index (χ3v) is 4.77. The fourth-order valence-corrected chi connectivity index (χ4v) is 3.48. The van der Waals surface area contributed by atoms with Crippen LogP contribution in [-0.4, -0.2) is 34.8 Å². The van der Waals surface area contributed by atoms with Crippen molar-refractivity contribution in [3.8, 4) is 11.1 Å². The van der Waals surface area contributed by atoms with Gasteiger partial charge in [-0.1, -0.05) is 30.7 Å². The molecule has 0 bridgehead atoms. The Kier molecular flexibility index (Phi) is 4.11. The molecule has 0 aliphatic heterocycles. The summed E-state index contributed by atoms with van der Waals surface area (Å²) in [7, 11) is 6.38. The van der Waals surface area contributed by atoms with E-state index in [4.69, 9.17) is 0 Å². The van der Waals surface area contributed by atoms with E-state index in [0.717, 1.165) is 6.04 Å². The van der Waals surface area contributed by atoms with Gasteiger partial charge in [0.05, 0.1) is 6.20 Å². The lowest BCUT2D eigenvalue weighted by Crippen LogP contribution is -2.32. The molecule has 0 N–H and O–H groups in total. The summed E-state index contributed by atoms with van der Waals surface area (Å²) >= 11 is 0. The number of aromatic nitrogens is 2. The van der Waals surface area contributed by atoms with Gasteiger partial charge in [-0.3, -0.25) is 4.68 Å². The van der Waals surface area contributed by atoms with E-state index in [2.05, 4.69) is 54.6 Å². The van der Waals surface area contributed by atoms with E-state index >= 15 is 0 Å². The Bertz CT molecular complexity index is 600.